The molecule has 0 aromatic heterocycles. The van der Waals surface area contributed by atoms with Crippen LogP contribution in [0.25, 0.3) is 0 Å². The van der Waals surface area contributed by atoms with Gasteiger partial charge in [0.1, 0.15) is 11.9 Å². The normalized spacial score (nSPS) is 25.6. The van der Waals surface area contributed by atoms with Crippen LogP contribution in [0, 0.1) is 5.82 Å². The lowest BCUT2D eigenvalue weighted by Gasteiger charge is -2.39. The Kier molecular flexibility index (Phi) is 5.23. The van der Waals surface area contributed by atoms with Gasteiger partial charge < -0.3 is 15.0 Å². The fraction of sp³-hybridized carbons (Fsp3) is 0.409. The van der Waals surface area contributed by atoms with Crippen LogP contribution in [0.3, 0.4) is 0 Å². The molecule has 1 amide bonds. The van der Waals surface area contributed by atoms with Crippen LogP contribution in [0.4, 0.5) is 4.39 Å². The number of fused-ring (bicyclic) bond motifs is 1. The van der Waals surface area contributed by atoms with Crippen molar-refractivity contribution in [3.05, 3.63) is 71.0 Å². The number of benzene rings is 2. The molecule has 0 radical (unpaired) electrons. The fourth-order valence-electron chi connectivity index (χ4n) is 4.05. The second-order valence-corrected chi connectivity index (χ2v) is 7.40. The number of nitrogens with zero attached hydrogens (tertiary/aromatic N) is 1. The molecule has 0 unspecified atom stereocenters. The average molecular weight is 368 g/mol. The number of nitrogens with one attached hydrogen (secondary N) is 1. The molecule has 2 aromatic rings. The van der Waals surface area contributed by atoms with E-state index in [2.05, 4.69) is 24.4 Å². The smallest absolute Gasteiger partial charge is 0.252 e. The number of carbonyl (C=O) groups excluding carboxylic acids is 1. The molecule has 27 heavy (non-hydrogen) atoms. The Hall–Kier alpha value is -2.24. The molecule has 1 saturated heterocycles. The molecule has 0 aliphatic carbocycles. The number of hydrogen-bond acceptors (Lipinski definition) is 3. The van der Waals surface area contributed by atoms with Gasteiger partial charge in [-0.05, 0) is 55.1 Å². The van der Waals surface area contributed by atoms with Gasteiger partial charge in [-0.25, -0.2) is 4.39 Å². The predicted molar refractivity (Wildman–Crippen MR) is 102 cm³/mol. The SMILES string of the molecule is C[C@H]1CO[C@@H](C(=O)N2CCc3ccccc3[C@@H]2c2ccc(F)cc2)CCN1. The Balaban J connectivity index is 1.68. The fourth-order valence-corrected chi connectivity index (χ4v) is 4.05. The molecule has 4 rings (SSSR count). The van der Waals surface area contributed by atoms with Crippen molar-refractivity contribution in [2.24, 2.45) is 0 Å². The topological polar surface area (TPSA) is 41.6 Å². The minimum absolute atomic E-state index is 0.0229. The molecule has 5 heteroatoms. The molecule has 0 saturated carbocycles. The Bertz CT molecular complexity index is 808. The van der Waals surface area contributed by atoms with E-state index in [0.29, 0.717) is 19.6 Å². The number of hydrogen-bond donors (Lipinski definition) is 1. The zero-order valence-corrected chi connectivity index (χ0v) is 15.5. The minimum Gasteiger partial charge on any atom is -0.367 e. The van der Waals surface area contributed by atoms with E-state index >= 15 is 0 Å². The predicted octanol–water partition coefficient (Wildman–Crippen LogP) is 3.07. The van der Waals surface area contributed by atoms with E-state index < -0.39 is 6.10 Å². The van der Waals surface area contributed by atoms with Crippen molar-refractivity contribution >= 4 is 5.91 Å². The molecule has 142 valence electrons. The van der Waals surface area contributed by atoms with Crippen molar-refractivity contribution in [3.63, 3.8) is 0 Å². The van der Waals surface area contributed by atoms with Gasteiger partial charge in [-0.2, -0.15) is 0 Å². The summed E-state index contributed by atoms with van der Waals surface area (Å²) in [6, 6.07) is 14.7. The first-order valence-electron chi connectivity index (χ1n) is 9.62. The van der Waals surface area contributed by atoms with Crippen LogP contribution in [0.1, 0.15) is 36.1 Å². The summed E-state index contributed by atoms with van der Waals surface area (Å²) in [5, 5.41) is 3.36. The van der Waals surface area contributed by atoms with Gasteiger partial charge in [0.2, 0.25) is 0 Å². The summed E-state index contributed by atoms with van der Waals surface area (Å²) >= 11 is 0. The van der Waals surface area contributed by atoms with Crippen LogP contribution in [0.15, 0.2) is 48.5 Å². The third-order valence-corrected chi connectivity index (χ3v) is 5.47. The standard InChI is InChI=1S/C22H25FN2O2/c1-15-14-27-20(10-12-24-15)22(26)25-13-11-16-4-2-3-5-19(16)21(25)17-6-8-18(23)9-7-17/h2-9,15,20-21,24H,10-14H2,1H3/t15-,20+,21-/m0/s1. The lowest BCUT2D eigenvalue weighted by molar-refractivity contribution is -0.145. The Morgan fingerprint density at radius 1 is 1.19 bits per heavy atom. The maximum atomic E-state index is 13.5. The van der Waals surface area contributed by atoms with Gasteiger partial charge in [-0.15, -0.1) is 0 Å². The maximum absolute atomic E-state index is 13.5. The highest BCUT2D eigenvalue weighted by Gasteiger charge is 2.36. The van der Waals surface area contributed by atoms with Crippen LogP contribution in [-0.2, 0) is 16.0 Å². The van der Waals surface area contributed by atoms with Crippen molar-refractivity contribution < 1.29 is 13.9 Å². The third-order valence-electron chi connectivity index (χ3n) is 5.47. The molecule has 2 aromatic carbocycles. The quantitative estimate of drug-likeness (QED) is 0.886. The molecule has 2 aliphatic rings. The van der Waals surface area contributed by atoms with Crippen molar-refractivity contribution in [1.82, 2.24) is 10.2 Å². The van der Waals surface area contributed by atoms with E-state index in [1.165, 1.54) is 17.7 Å². The second kappa shape index (κ2) is 7.79. The van der Waals surface area contributed by atoms with Crippen LogP contribution in [0.2, 0.25) is 0 Å². The van der Waals surface area contributed by atoms with E-state index in [9.17, 15) is 9.18 Å². The summed E-state index contributed by atoms with van der Waals surface area (Å²) in [5.41, 5.74) is 3.29. The summed E-state index contributed by atoms with van der Waals surface area (Å²) in [6.07, 6.45) is 1.05. The monoisotopic (exact) mass is 368 g/mol. The van der Waals surface area contributed by atoms with Crippen molar-refractivity contribution in [2.45, 2.75) is 38.0 Å². The summed E-state index contributed by atoms with van der Waals surface area (Å²) in [6.45, 7) is 4.00. The molecule has 0 bridgehead atoms. The number of carbonyl (C=O) groups is 1. The largest absolute Gasteiger partial charge is 0.367 e. The lowest BCUT2D eigenvalue weighted by Crippen LogP contribution is -2.46. The summed E-state index contributed by atoms with van der Waals surface area (Å²) in [4.78, 5) is 15.3. The number of halogens is 1. The van der Waals surface area contributed by atoms with Crippen molar-refractivity contribution in [2.75, 3.05) is 19.7 Å². The zero-order chi connectivity index (χ0) is 18.8. The Morgan fingerprint density at radius 2 is 1.96 bits per heavy atom. The van der Waals surface area contributed by atoms with E-state index in [1.54, 1.807) is 12.1 Å². The van der Waals surface area contributed by atoms with Gasteiger partial charge in [-0.1, -0.05) is 36.4 Å². The first kappa shape index (κ1) is 18.1. The molecule has 0 spiro atoms. The van der Waals surface area contributed by atoms with Crippen LogP contribution < -0.4 is 5.32 Å². The Morgan fingerprint density at radius 3 is 2.78 bits per heavy atom. The van der Waals surface area contributed by atoms with Crippen LogP contribution in [-0.4, -0.2) is 42.6 Å². The van der Waals surface area contributed by atoms with Crippen molar-refractivity contribution in [1.29, 1.82) is 0 Å². The third kappa shape index (κ3) is 3.75. The molecular formula is C22H25FN2O2. The summed E-state index contributed by atoms with van der Waals surface area (Å²) in [7, 11) is 0. The molecule has 2 aliphatic heterocycles. The van der Waals surface area contributed by atoms with Gasteiger partial charge in [0.15, 0.2) is 0 Å². The van der Waals surface area contributed by atoms with Gasteiger partial charge >= 0.3 is 0 Å². The number of amides is 1. The summed E-state index contributed by atoms with van der Waals surface area (Å²) < 4.78 is 19.4. The maximum Gasteiger partial charge on any atom is 0.252 e. The highest BCUT2D eigenvalue weighted by Crippen LogP contribution is 2.36. The van der Waals surface area contributed by atoms with Gasteiger partial charge in [-0.3, -0.25) is 4.79 Å². The van der Waals surface area contributed by atoms with E-state index in [1.807, 2.05) is 17.0 Å². The number of ether oxygens (including phenoxy) is 1. The second-order valence-electron chi connectivity index (χ2n) is 7.40. The van der Waals surface area contributed by atoms with Crippen LogP contribution >= 0.6 is 0 Å². The minimum atomic E-state index is -0.435. The molecule has 2 heterocycles. The molecular weight excluding hydrogens is 343 g/mol. The van der Waals surface area contributed by atoms with Gasteiger partial charge in [0, 0.05) is 12.6 Å². The first-order chi connectivity index (χ1) is 13.1. The highest BCUT2D eigenvalue weighted by molar-refractivity contribution is 5.82. The van der Waals surface area contributed by atoms with Crippen LogP contribution in [0.5, 0.6) is 0 Å². The van der Waals surface area contributed by atoms with E-state index in [0.717, 1.165) is 24.1 Å². The summed E-state index contributed by atoms with van der Waals surface area (Å²) in [5.74, 6) is -0.248. The van der Waals surface area contributed by atoms with E-state index in [4.69, 9.17) is 4.74 Å². The zero-order valence-electron chi connectivity index (χ0n) is 15.5. The lowest BCUT2D eigenvalue weighted by atomic mass is 9.87. The van der Waals surface area contributed by atoms with Gasteiger partial charge in [0.25, 0.3) is 5.91 Å². The molecule has 3 atom stereocenters. The average Bonchev–Trinajstić information content (AvgIpc) is 2.92. The van der Waals surface area contributed by atoms with E-state index in [-0.39, 0.29) is 23.8 Å². The Labute approximate surface area is 159 Å². The molecule has 1 N–H and O–H groups in total. The highest BCUT2D eigenvalue weighted by atomic mass is 19.1. The molecule has 1 fully saturated rings. The van der Waals surface area contributed by atoms with Gasteiger partial charge in [0.05, 0.1) is 12.6 Å². The first-order valence-corrected chi connectivity index (χ1v) is 9.62. The number of rotatable bonds is 2. The van der Waals surface area contributed by atoms with Crippen molar-refractivity contribution in [3.8, 4) is 0 Å². The molecule has 4 nitrogen and oxygen atoms in total.